The van der Waals surface area contributed by atoms with E-state index in [1.165, 1.54) is 7.11 Å². The van der Waals surface area contributed by atoms with Crippen molar-refractivity contribution in [1.29, 1.82) is 0 Å². The van der Waals surface area contributed by atoms with Gasteiger partial charge in [-0.15, -0.1) is 0 Å². The SMILES string of the molecule is CC[C@H](C(=O)Nc1ccc(N2CCOCC2)cc1)N(c1cccc(OC)c1)S(C)(=O)=O. The summed E-state index contributed by atoms with van der Waals surface area (Å²) < 4.78 is 36.9. The molecular weight excluding hydrogens is 418 g/mol. The monoisotopic (exact) mass is 447 g/mol. The number of amides is 1. The number of methoxy groups -OCH3 is 1. The van der Waals surface area contributed by atoms with E-state index in [0.29, 0.717) is 36.8 Å². The Kier molecular flexibility index (Phi) is 7.40. The Morgan fingerprint density at radius 2 is 1.87 bits per heavy atom. The summed E-state index contributed by atoms with van der Waals surface area (Å²) in [4.78, 5) is 15.3. The summed E-state index contributed by atoms with van der Waals surface area (Å²) in [5.41, 5.74) is 2.05. The van der Waals surface area contributed by atoms with Crippen LogP contribution in [0.15, 0.2) is 48.5 Å². The third-order valence-corrected chi connectivity index (χ3v) is 6.33. The highest BCUT2D eigenvalue weighted by molar-refractivity contribution is 7.92. The van der Waals surface area contributed by atoms with Crippen molar-refractivity contribution < 1.29 is 22.7 Å². The van der Waals surface area contributed by atoms with Crippen LogP contribution in [0.2, 0.25) is 0 Å². The van der Waals surface area contributed by atoms with Gasteiger partial charge in [0.05, 0.1) is 32.3 Å². The summed E-state index contributed by atoms with van der Waals surface area (Å²) in [6.45, 7) is 4.83. The number of ether oxygens (including phenoxy) is 2. The number of benzene rings is 2. The Bertz CT molecular complexity index is 988. The summed E-state index contributed by atoms with van der Waals surface area (Å²) in [5.74, 6) is 0.120. The molecule has 1 amide bonds. The molecular formula is C22H29N3O5S. The molecule has 0 aliphatic carbocycles. The highest BCUT2D eigenvalue weighted by atomic mass is 32.2. The molecule has 2 aromatic carbocycles. The molecule has 0 radical (unpaired) electrons. The standard InChI is InChI=1S/C22H29N3O5S/c1-4-21(25(31(3,27)28)19-6-5-7-20(16-19)29-2)22(26)23-17-8-10-18(11-9-17)24-12-14-30-15-13-24/h5-11,16,21H,4,12-15H2,1-3H3,(H,23,26)/t21-/m1/s1. The van der Waals surface area contributed by atoms with Gasteiger partial charge in [0.2, 0.25) is 15.9 Å². The third-order valence-electron chi connectivity index (χ3n) is 5.15. The van der Waals surface area contributed by atoms with E-state index in [1.807, 2.05) is 24.3 Å². The Morgan fingerprint density at radius 1 is 1.19 bits per heavy atom. The lowest BCUT2D eigenvalue weighted by molar-refractivity contribution is -0.117. The average Bonchev–Trinajstić information content (AvgIpc) is 2.77. The molecule has 1 aliphatic heterocycles. The Morgan fingerprint density at radius 3 is 2.45 bits per heavy atom. The van der Waals surface area contributed by atoms with Crippen molar-refractivity contribution in [2.45, 2.75) is 19.4 Å². The normalized spacial score (nSPS) is 15.3. The Hall–Kier alpha value is -2.78. The summed E-state index contributed by atoms with van der Waals surface area (Å²) in [6, 6.07) is 13.3. The molecule has 8 nitrogen and oxygen atoms in total. The third kappa shape index (κ3) is 5.68. The lowest BCUT2D eigenvalue weighted by Gasteiger charge is -2.30. The van der Waals surface area contributed by atoms with Gasteiger partial charge in [-0.05, 0) is 42.8 Å². The van der Waals surface area contributed by atoms with Crippen molar-refractivity contribution in [3.05, 3.63) is 48.5 Å². The molecule has 3 rings (SSSR count). The molecule has 0 bridgehead atoms. The Balaban J connectivity index is 1.80. The molecule has 1 fully saturated rings. The van der Waals surface area contributed by atoms with Gasteiger partial charge in [0.15, 0.2) is 0 Å². The van der Waals surface area contributed by atoms with Crippen molar-refractivity contribution in [1.82, 2.24) is 0 Å². The molecule has 0 spiro atoms. The van der Waals surface area contributed by atoms with E-state index in [4.69, 9.17) is 9.47 Å². The molecule has 2 aromatic rings. The van der Waals surface area contributed by atoms with Crippen LogP contribution >= 0.6 is 0 Å². The summed E-state index contributed by atoms with van der Waals surface area (Å²) >= 11 is 0. The topological polar surface area (TPSA) is 88.2 Å². The molecule has 1 heterocycles. The fraction of sp³-hybridized carbons (Fsp3) is 0.409. The molecule has 0 unspecified atom stereocenters. The van der Waals surface area contributed by atoms with Gasteiger partial charge in [-0.1, -0.05) is 13.0 Å². The van der Waals surface area contributed by atoms with E-state index >= 15 is 0 Å². The minimum atomic E-state index is -3.71. The van der Waals surface area contributed by atoms with Crippen LogP contribution in [0.25, 0.3) is 0 Å². The number of morpholine rings is 1. The van der Waals surface area contributed by atoms with E-state index in [1.54, 1.807) is 31.2 Å². The van der Waals surface area contributed by atoms with Crippen LogP contribution < -0.4 is 19.3 Å². The van der Waals surface area contributed by atoms with E-state index in [2.05, 4.69) is 10.2 Å². The van der Waals surface area contributed by atoms with Crippen molar-refractivity contribution in [2.24, 2.45) is 0 Å². The summed E-state index contributed by atoms with van der Waals surface area (Å²) in [7, 11) is -2.21. The van der Waals surface area contributed by atoms with Gasteiger partial charge >= 0.3 is 0 Å². The van der Waals surface area contributed by atoms with Crippen molar-refractivity contribution >= 4 is 33.0 Å². The maximum atomic E-state index is 13.1. The molecule has 9 heteroatoms. The van der Waals surface area contributed by atoms with Gasteiger partial charge in [0.25, 0.3) is 0 Å². The van der Waals surface area contributed by atoms with Gasteiger partial charge in [0.1, 0.15) is 11.8 Å². The molecule has 0 aromatic heterocycles. The van der Waals surface area contributed by atoms with Crippen LogP contribution in [0.3, 0.4) is 0 Å². The van der Waals surface area contributed by atoms with Crippen LogP contribution in [0, 0.1) is 0 Å². The van der Waals surface area contributed by atoms with E-state index < -0.39 is 22.0 Å². The molecule has 168 valence electrons. The predicted molar refractivity (Wildman–Crippen MR) is 122 cm³/mol. The maximum absolute atomic E-state index is 13.1. The fourth-order valence-corrected chi connectivity index (χ4v) is 4.81. The second-order valence-electron chi connectivity index (χ2n) is 7.32. The second kappa shape index (κ2) is 10.0. The van der Waals surface area contributed by atoms with Crippen molar-refractivity contribution in [3.63, 3.8) is 0 Å². The second-order valence-corrected chi connectivity index (χ2v) is 9.18. The zero-order chi connectivity index (χ0) is 22.4. The number of hydrogen-bond donors (Lipinski definition) is 1. The summed E-state index contributed by atoms with van der Waals surface area (Å²) in [5, 5.41) is 2.85. The number of carbonyl (C=O) groups excluding carboxylic acids is 1. The van der Waals surface area contributed by atoms with E-state index in [-0.39, 0.29) is 0 Å². The van der Waals surface area contributed by atoms with Crippen LogP contribution in [-0.2, 0) is 19.6 Å². The minimum absolute atomic E-state index is 0.308. The minimum Gasteiger partial charge on any atom is -0.497 e. The lowest BCUT2D eigenvalue weighted by atomic mass is 10.1. The number of carbonyl (C=O) groups is 1. The van der Waals surface area contributed by atoms with Gasteiger partial charge in [-0.3, -0.25) is 9.10 Å². The van der Waals surface area contributed by atoms with Gasteiger partial charge in [-0.2, -0.15) is 0 Å². The highest BCUT2D eigenvalue weighted by Crippen LogP contribution is 2.27. The highest BCUT2D eigenvalue weighted by Gasteiger charge is 2.31. The largest absolute Gasteiger partial charge is 0.497 e. The smallest absolute Gasteiger partial charge is 0.248 e. The van der Waals surface area contributed by atoms with E-state index in [0.717, 1.165) is 29.3 Å². The van der Waals surface area contributed by atoms with Gasteiger partial charge in [-0.25, -0.2) is 8.42 Å². The van der Waals surface area contributed by atoms with Crippen LogP contribution in [0.1, 0.15) is 13.3 Å². The fourth-order valence-electron chi connectivity index (χ4n) is 3.61. The Labute approximate surface area is 183 Å². The van der Waals surface area contributed by atoms with Crippen LogP contribution in [0.4, 0.5) is 17.1 Å². The van der Waals surface area contributed by atoms with E-state index in [9.17, 15) is 13.2 Å². The first-order valence-corrected chi connectivity index (χ1v) is 12.1. The van der Waals surface area contributed by atoms with Crippen molar-refractivity contribution in [3.8, 4) is 5.75 Å². The number of nitrogens with one attached hydrogen (secondary N) is 1. The first-order valence-electron chi connectivity index (χ1n) is 10.2. The van der Waals surface area contributed by atoms with Crippen molar-refractivity contribution in [2.75, 3.05) is 54.2 Å². The quantitative estimate of drug-likeness (QED) is 0.670. The maximum Gasteiger partial charge on any atom is 0.248 e. The number of nitrogens with zero attached hydrogens (tertiary/aromatic N) is 2. The zero-order valence-corrected chi connectivity index (χ0v) is 18.9. The lowest BCUT2D eigenvalue weighted by Crippen LogP contribution is -2.47. The molecule has 0 saturated carbocycles. The summed E-state index contributed by atoms with van der Waals surface area (Å²) in [6.07, 6.45) is 1.40. The van der Waals surface area contributed by atoms with Gasteiger partial charge < -0.3 is 19.7 Å². The number of sulfonamides is 1. The first-order chi connectivity index (χ1) is 14.8. The number of hydrogen-bond acceptors (Lipinski definition) is 6. The number of rotatable bonds is 8. The molecule has 1 saturated heterocycles. The molecule has 1 N–H and O–H groups in total. The molecule has 1 aliphatic rings. The van der Waals surface area contributed by atoms with Crippen LogP contribution in [0.5, 0.6) is 5.75 Å². The average molecular weight is 448 g/mol. The molecule has 31 heavy (non-hydrogen) atoms. The predicted octanol–water partition coefficient (Wildman–Crippen LogP) is 2.72. The zero-order valence-electron chi connectivity index (χ0n) is 18.1. The van der Waals surface area contributed by atoms with Crippen LogP contribution in [-0.4, -0.2) is 60.0 Å². The van der Waals surface area contributed by atoms with Gasteiger partial charge in [0, 0.05) is 30.5 Å². The molecule has 1 atom stereocenters. The number of anilines is 3. The first kappa shape index (κ1) is 22.9.